The number of benzene rings is 1. The lowest BCUT2D eigenvalue weighted by molar-refractivity contribution is -0.384. The molecular formula is C15H17F3N6O3S. The van der Waals surface area contributed by atoms with Crippen LogP contribution >= 0.6 is 12.2 Å². The van der Waals surface area contributed by atoms with Crippen LogP contribution in [0.4, 0.5) is 24.5 Å². The first-order valence-corrected chi connectivity index (χ1v) is 8.54. The van der Waals surface area contributed by atoms with Crippen molar-refractivity contribution in [2.45, 2.75) is 32.6 Å². The summed E-state index contributed by atoms with van der Waals surface area (Å²) in [7, 11) is 0. The molecule has 0 aliphatic heterocycles. The van der Waals surface area contributed by atoms with Gasteiger partial charge in [0.1, 0.15) is 5.69 Å². The fraction of sp³-hybridized carbons (Fsp3) is 0.400. The number of amides is 1. The third kappa shape index (κ3) is 5.28. The van der Waals surface area contributed by atoms with Crippen LogP contribution in [0, 0.1) is 14.9 Å². The Morgan fingerprint density at radius 1 is 1.43 bits per heavy atom. The van der Waals surface area contributed by atoms with E-state index in [0.29, 0.717) is 23.2 Å². The van der Waals surface area contributed by atoms with Crippen LogP contribution in [-0.4, -0.2) is 32.1 Å². The highest BCUT2D eigenvalue weighted by molar-refractivity contribution is 7.71. The predicted octanol–water partition coefficient (Wildman–Crippen LogP) is 3.01. The molecule has 9 nitrogen and oxygen atoms in total. The van der Waals surface area contributed by atoms with E-state index in [9.17, 15) is 28.1 Å². The lowest BCUT2D eigenvalue weighted by Gasteiger charge is -2.11. The van der Waals surface area contributed by atoms with Crippen molar-refractivity contribution in [1.82, 2.24) is 20.1 Å². The van der Waals surface area contributed by atoms with E-state index in [0.717, 1.165) is 12.1 Å². The van der Waals surface area contributed by atoms with Crippen molar-refractivity contribution in [1.29, 1.82) is 0 Å². The molecule has 0 spiro atoms. The van der Waals surface area contributed by atoms with Crippen molar-refractivity contribution in [3.8, 4) is 0 Å². The highest BCUT2D eigenvalue weighted by Crippen LogP contribution is 2.34. The lowest BCUT2D eigenvalue weighted by atomic mass is 10.1. The van der Waals surface area contributed by atoms with Gasteiger partial charge in [0.15, 0.2) is 10.6 Å². The van der Waals surface area contributed by atoms with Gasteiger partial charge in [0.2, 0.25) is 5.91 Å². The molecule has 0 saturated heterocycles. The summed E-state index contributed by atoms with van der Waals surface area (Å²) in [5, 5.41) is 22.9. The van der Waals surface area contributed by atoms with Gasteiger partial charge >= 0.3 is 6.18 Å². The number of nitro groups is 1. The Bertz CT molecular complexity index is 924. The van der Waals surface area contributed by atoms with E-state index < -0.39 is 22.4 Å². The highest BCUT2D eigenvalue weighted by Gasteiger charge is 2.33. The number of carbonyl (C=O) groups is 1. The molecule has 0 aliphatic carbocycles. The van der Waals surface area contributed by atoms with Gasteiger partial charge in [0.05, 0.1) is 17.0 Å². The minimum Gasteiger partial charge on any atom is -0.379 e. The summed E-state index contributed by atoms with van der Waals surface area (Å²) in [6.07, 6.45) is -4.73. The number of nitrogens with zero attached hydrogens (tertiary/aromatic N) is 3. The Hall–Kier alpha value is -2.96. The molecule has 1 aromatic carbocycles. The predicted molar refractivity (Wildman–Crippen MR) is 96.1 cm³/mol. The van der Waals surface area contributed by atoms with Gasteiger partial charge < -0.3 is 15.2 Å². The zero-order chi connectivity index (χ0) is 20.9. The number of rotatable bonds is 8. The van der Waals surface area contributed by atoms with Gasteiger partial charge in [-0.05, 0) is 31.3 Å². The second-order valence-corrected chi connectivity index (χ2v) is 6.02. The first kappa shape index (κ1) is 21.3. The van der Waals surface area contributed by atoms with Crippen LogP contribution in [0.3, 0.4) is 0 Å². The van der Waals surface area contributed by atoms with Gasteiger partial charge in [0.25, 0.3) is 5.69 Å². The maximum absolute atomic E-state index is 12.7. The van der Waals surface area contributed by atoms with Crippen LogP contribution in [0.25, 0.3) is 0 Å². The van der Waals surface area contributed by atoms with Crippen molar-refractivity contribution in [2.75, 3.05) is 11.9 Å². The fourth-order valence-electron chi connectivity index (χ4n) is 2.40. The van der Waals surface area contributed by atoms with Crippen LogP contribution in [0.2, 0.25) is 0 Å². The Morgan fingerprint density at radius 3 is 2.75 bits per heavy atom. The van der Waals surface area contributed by atoms with Crippen molar-refractivity contribution >= 4 is 29.5 Å². The molecule has 0 fully saturated rings. The fourth-order valence-corrected chi connectivity index (χ4v) is 2.68. The summed E-state index contributed by atoms with van der Waals surface area (Å²) >= 11 is 5.04. The minimum atomic E-state index is -4.68. The maximum atomic E-state index is 12.7. The van der Waals surface area contributed by atoms with E-state index in [-0.39, 0.29) is 31.1 Å². The SMILES string of the molecule is CCn1c(CNC(=O)CCNc2ccc(C(F)(F)F)cc2[N+](=O)[O-])n[nH]c1=S. The van der Waals surface area contributed by atoms with Gasteiger partial charge in [-0.3, -0.25) is 20.0 Å². The van der Waals surface area contributed by atoms with E-state index in [1.165, 1.54) is 0 Å². The summed E-state index contributed by atoms with van der Waals surface area (Å²) in [6.45, 7) is 2.59. The second-order valence-electron chi connectivity index (χ2n) is 5.63. The monoisotopic (exact) mass is 418 g/mol. The van der Waals surface area contributed by atoms with E-state index >= 15 is 0 Å². The van der Waals surface area contributed by atoms with E-state index in [2.05, 4.69) is 20.8 Å². The number of alkyl halides is 3. The molecule has 1 heterocycles. The topological polar surface area (TPSA) is 118 Å². The number of hydrogen-bond acceptors (Lipinski definition) is 6. The molecule has 28 heavy (non-hydrogen) atoms. The molecule has 1 aromatic heterocycles. The standard InChI is InChI=1S/C15H17F3N6O3S/c1-2-23-12(21-22-14(23)28)8-20-13(25)5-6-19-10-4-3-9(15(16,17)18)7-11(10)24(26)27/h3-4,7,19H,2,5-6,8H2,1H3,(H,20,25)(H,22,28). The summed E-state index contributed by atoms with van der Waals surface area (Å²) in [4.78, 5) is 22.0. The Kier molecular flexibility index (Phi) is 6.72. The zero-order valence-corrected chi connectivity index (χ0v) is 15.5. The third-order valence-corrected chi connectivity index (χ3v) is 4.10. The number of H-pyrrole nitrogens is 1. The first-order valence-electron chi connectivity index (χ1n) is 8.13. The van der Waals surface area contributed by atoms with Gasteiger partial charge in [-0.1, -0.05) is 0 Å². The molecule has 0 saturated carbocycles. The number of carbonyl (C=O) groups excluding carboxylic acids is 1. The van der Waals surface area contributed by atoms with Crippen molar-refractivity contribution in [2.24, 2.45) is 0 Å². The lowest BCUT2D eigenvalue weighted by Crippen LogP contribution is -2.26. The smallest absolute Gasteiger partial charge is 0.379 e. The minimum absolute atomic E-state index is 0.00132. The number of halogens is 3. The molecule has 0 aliphatic rings. The average Bonchev–Trinajstić information content (AvgIpc) is 2.98. The molecular weight excluding hydrogens is 401 g/mol. The Morgan fingerprint density at radius 2 is 2.14 bits per heavy atom. The molecule has 0 bridgehead atoms. The molecule has 0 atom stereocenters. The van der Waals surface area contributed by atoms with Crippen LogP contribution in [0.15, 0.2) is 18.2 Å². The number of hydrogen-bond donors (Lipinski definition) is 3. The van der Waals surface area contributed by atoms with Crippen LogP contribution in [0.1, 0.15) is 24.7 Å². The average molecular weight is 418 g/mol. The second kappa shape index (κ2) is 8.82. The molecule has 3 N–H and O–H groups in total. The summed E-state index contributed by atoms with van der Waals surface area (Å²) in [6, 6.07) is 2.16. The van der Waals surface area contributed by atoms with Crippen LogP contribution in [-0.2, 0) is 24.1 Å². The summed E-state index contributed by atoms with van der Waals surface area (Å²) < 4.78 is 40.2. The third-order valence-electron chi connectivity index (χ3n) is 3.79. The number of nitro benzene ring substituents is 1. The summed E-state index contributed by atoms with van der Waals surface area (Å²) in [5.41, 5.74) is -1.93. The normalized spacial score (nSPS) is 11.3. The molecule has 0 radical (unpaired) electrons. The van der Waals surface area contributed by atoms with Gasteiger partial charge in [-0.25, -0.2) is 0 Å². The van der Waals surface area contributed by atoms with Crippen LogP contribution < -0.4 is 10.6 Å². The zero-order valence-electron chi connectivity index (χ0n) is 14.7. The molecule has 1 amide bonds. The highest BCUT2D eigenvalue weighted by atomic mass is 32.1. The van der Waals surface area contributed by atoms with E-state index in [4.69, 9.17) is 12.2 Å². The van der Waals surface area contributed by atoms with E-state index in [1.54, 1.807) is 4.57 Å². The quantitative estimate of drug-likeness (QED) is 0.345. The Balaban J connectivity index is 1.92. The number of aromatic nitrogens is 3. The van der Waals surface area contributed by atoms with Gasteiger partial charge in [-0.15, -0.1) is 0 Å². The van der Waals surface area contributed by atoms with E-state index in [1.807, 2.05) is 6.92 Å². The molecule has 152 valence electrons. The maximum Gasteiger partial charge on any atom is 0.416 e. The Labute approximate surface area is 162 Å². The molecule has 2 aromatic rings. The molecule has 2 rings (SSSR count). The largest absolute Gasteiger partial charge is 0.416 e. The van der Waals surface area contributed by atoms with Gasteiger partial charge in [-0.2, -0.15) is 18.3 Å². The first-order chi connectivity index (χ1) is 13.1. The number of nitrogens with one attached hydrogen (secondary N) is 3. The number of aromatic amines is 1. The van der Waals surface area contributed by atoms with Crippen LogP contribution in [0.5, 0.6) is 0 Å². The van der Waals surface area contributed by atoms with Gasteiger partial charge in [0, 0.05) is 25.6 Å². The number of anilines is 1. The molecule has 13 heteroatoms. The van der Waals surface area contributed by atoms with Crippen molar-refractivity contribution < 1.29 is 22.9 Å². The molecule has 0 unspecified atom stereocenters. The van der Waals surface area contributed by atoms with Crippen molar-refractivity contribution in [3.05, 3.63) is 44.5 Å². The summed E-state index contributed by atoms with van der Waals surface area (Å²) in [5.74, 6) is 0.186. The van der Waals surface area contributed by atoms with Crippen molar-refractivity contribution in [3.63, 3.8) is 0 Å².